The van der Waals surface area contributed by atoms with Crippen LogP contribution in [0.4, 0.5) is 18.9 Å². The molecule has 0 amide bonds. The lowest BCUT2D eigenvalue weighted by Gasteiger charge is -2.23. The number of nitrogens with one attached hydrogen (secondary N) is 1. The Morgan fingerprint density at radius 2 is 2.10 bits per heavy atom. The Morgan fingerprint density at radius 3 is 2.76 bits per heavy atom. The van der Waals surface area contributed by atoms with Gasteiger partial charge in [0.2, 0.25) is 10.2 Å². The number of halogens is 3. The summed E-state index contributed by atoms with van der Waals surface area (Å²) in [7, 11) is -2.94. The molecule has 2 aliphatic rings. The molecular weight excluding hydrogens is 325 g/mol. The van der Waals surface area contributed by atoms with Crippen LogP contribution < -0.4 is 10.2 Å². The van der Waals surface area contributed by atoms with Crippen LogP contribution in [-0.4, -0.2) is 33.3 Å². The first-order valence-electron chi connectivity index (χ1n) is 6.16. The van der Waals surface area contributed by atoms with Gasteiger partial charge < -0.3 is 10.2 Å². The van der Waals surface area contributed by atoms with E-state index in [1.54, 1.807) is 0 Å². The molecule has 114 valence electrons. The molecule has 3 atom stereocenters. The molecule has 0 aliphatic carbocycles. The van der Waals surface area contributed by atoms with Crippen LogP contribution in [-0.2, 0) is 20.6 Å². The average Bonchev–Trinajstić information content (AvgIpc) is 2.78. The van der Waals surface area contributed by atoms with E-state index in [-0.39, 0.29) is 23.2 Å². The number of anilines is 1. The molecule has 1 aromatic carbocycles. The summed E-state index contributed by atoms with van der Waals surface area (Å²) in [6.07, 6.45) is -4.44. The first-order valence-corrected chi connectivity index (χ1v) is 8.42. The zero-order valence-corrected chi connectivity index (χ0v) is 12.3. The van der Waals surface area contributed by atoms with Gasteiger partial charge in [-0.25, -0.2) is 0 Å². The molecule has 0 spiro atoms. The first kappa shape index (κ1) is 14.7. The molecule has 9 heteroatoms. The van der Waals surface area contributed by atoms with E-state index < -0.39 is 28.0 Å². The lowest BCUT2D eigenvalue weighted by molar-refractivity contribution is -0.137. The number of hydrogen-bond acceptors (Lipinski definition) is 2. The fourth-order valence-electron chi connectivity index (χ4n) is 2.75. The minimum Gasteiger partial charge on any atom is -0.352 e. The molecule has 4 nitrogen and oxygen atoms in total. The third kappa shape index (κ3) is 2.65. The van der Waals surface area contributed by atoms with Crippen molar-refractivity contribution in [2.45, 2.75) is 18.3 Å². The van der Waals surface area contributed by atoms with Crippen LogP contribution in [0.25, 0.3) is 0 Å². The monoisotopic (exact) mass is 337 g/mol. The maximum atomic E-state index is 12.8. The summed E-state index contributed by atoms with van der Waals surface area (Å²) in [5, 5.41) is 3.21. The molecule has 3 rings (SSSR count). The van der Waals surface area contributed by atoms with E-state index in [4.69, 9.17) is 12.2 Å². The Bertz CT molecular complexity index is 650. The molecule has 2 aliphatic heterocycles. The molecule has 0 radical (unpaired) electrons. The van der Waals surface area contributed by atoms with Gasteiger partial charge in [0.15, 0.2) is 16.6 Å². The van der Waals surface area contributed by atoms with Gasteiger partial charge in [0, 0.05) is 5.69 Å². The van der Waals surface area contributed by atoms with E-state index >= 15 is 0 Å². The highest BCUT2D eigenvalue weighted by Crippen LogP contribution is 2.35. The van der Waals surface area contributed by atoms with Gasteiger partial charge in [0.1, 0.15) is 12.1 Å². The van der Waals surface area contributed by atoms with Crippen molar-refractivity contribution in [1.82, 2.24) is 5.32 Å². The summed E-state index contributed by atoms with van der Waals surface area (Å²) in [5.74, 6) is 0.0638. The van der Waals surface area contributed by atoms with Crippen molar-refractivity contribution < 1.29 is 21.9 Å². The standard InChI is InChI=1S/C12H11F3N2O2S2/c13-12(14,15)7-2-1-3-8(4-7)17-10-6-21(18,19)5-9(10)16-11(17)20/h1-4,9-10H,5-6H2,(H-,16,18,19,20)/p+1/t9-,10-/m1/s1. The predicted molar refractivity (Wildman–Crippen MR) is 77.6 cm³/mol. The minimum atomic E-state index is -4.44. The maximum absolute atomic E-state index is 12.8. The number of hydrogen-bond donors (Lipinski definition) is 2. The molecule has 2 N–H and O–H groups in total. The van der Waals surface area contributed by atoms with Crippen LogP contribution in [0.2, 0.25) is 0 Å². The van der Waals surface area contributed by atoms with Gasteiger partial charge in [-0.15, -0.1) is 0 Å². The van der Waals surface area contributed by atoms with E-state index in [1.165, 1.54) is 17.0 Å². The second-order valence-corrected chi connectivity index (χ2v) is 7.75. The van der Waals surface area contributed by atoms with Gasteiger partial charge in [0.05, 0.1) is 5.56 Å². The number of nitrogens with zero attached hydrogens (tertiary/aromatic N) is 1. The summed E-state index contributed by atoms with van der Waals surface area (Å²) < 4.78 is 59.8. The van der Waals surface area contributed by atoms with Crippen molar-refractivity contribution in [2.24, 2.45) is 0 Å². The summed E-state index contributed by atoms with van der Waals surface area (Å²) in [5.41, 5.74) is -0.485. The molecule has 0 saturated carbocycles. The normalized spacial score (nSPS) is 32.2. The summed E-state index contributed by atoms with van der Waals surface area (Å²) in [6.45, 7) is 0. The fraction of sp³-hybridized carbons (Fsp3) is 0.417. The van der Waals surface area contributed by atoms with Crippen LogP contribution in [0.5, 0.6) is 0 Å². The zero-order chi connectivity index (χ0) is 15.4. The van der Waals surface area contributed by atoms with E-state index in [0.29, 0.717) is 5.11 Å². The highest BCUT2D eigenvalue weighted by Gasteiger charge is 2.54. The summed E-state index contributed by atoms with van der Waals surface area (Å²) in [6, 6.07) is 4.12. The molecule has 0 bridgehead atoms. The smallest absolute Gasteiger partial charge is 0.352 e. The Morgan fingerprint density at radius 1 is 1.38 bits per heavy atom. The van der Waals surface area contributed by atoms with Crippen LogP contribution in [0, 0.1) is 0 Å². The van der Waals surface area contributed by atoms with Crippen molar-refractivity contribution >= 4 is 33.2 Å². The lowest BCUT2D eigenvalue weighted by Crippen LogP contribution is -2.37. The number of rotatable bonds is 1. The maximum Gasteiger partial charge on any atom is 0.416 e. The van der Waals surface area contributed by atoms with Gasteiger partial charge in [-0.1, -0.05) is 10.3 Å². The highest BCUT2D eigenvalue weighted by molar-refractivity contribution is 7.98. The van der Waals surface area contributed by atoms with E-state index in [1.807, 2.05) is 0 Å². The van der Waals surface area contributed by atoms with Gasteiger partial charge in [-0.3, -0.25) is 0 Å². The van der Waals surface area contributed by atoms with Crippen molar-refractivity contribution in [2.75, 3.05) is 16.4 Å². The molecule has 21 heavy (non-hydrogen) atoms. The van der Waals surface area contributed by atoms with Crippen molar-refractivity contribution in [3.63, 3.8) is 0 Å². The summed E-state index contributed by atoms with van der Waals surface area (Å²) >= 11 is 5.15. The highest BCUT2D eigenvalue weighted by atomic mass is 32.3. The van der Waals surface area contributed by atoms with Crippen LogP contribution in [0.15, 0.2) is 24.3 Å². The lowest BCUT2D eigenvalue weighted by atomic mass is 10.1. The number of alkyl halides is 3. The van der Waals surface area contributed by atoms with Crippen LogP contribution in [0.1, 0.15) is 5.56 Å². The molecule has 0 aromatic heterocycles. The number of thiocarbonyl (C=S) groups is 1. The SMILES string of the molecule is O=[S+]1(O)C[C@@H]2[C@@H](C1)NC(=S)N2c1cccc(C(F)(F)F)c1. The second-order valence-electron chi connectivity index (χ2n) is 5.15. The third-order valence-corrected chi connectivity index (χ3v) is 5.70. The molecule has 2 saturated heterocycles. The average molecular weight is 337 g/mol. The molecule has 2 fully saturated rings. The topological polar surface area (TPSA) is 52.6 Å². The molecule has 2 heterocycles. The third-order valence-electron chi connectivity index (χ3n) is 3.65. The van der Waals surface area contributed by atoms with E-state index in [2.05, 4.69) is 5.32 Å². The molecular formula is C12H12F3N2O2S2+. The van der Waals surface area contributed by atoms with Gasteiger partial charge in [-0.2, -0.15) is 17.7 Å². The largest absolute Gasteiger partial charge is 0.416 e. The van der Waals surface area contributed by atoms with Crippen LogP contribution in [0.3, 0.4) is 0 Å². The van der Waals surface area contributed by atoms with Gasteiger partial charge in [-0.05, 0) is 30.4 Å². The van der Waals surface area contributed by atoms with Crippen molar-refractivity contribution in [3.8, 4) is 0 Å². The van der Waals surface area contributed by atoms with E-state index in [0.717, 1.165) is 12.1 Å². The Labute approximate surface area is 125 Å². The van der Waals surface area contributed by atoms with Gasteiger partial charge in [0.25, 0.3) is 0 Å². The fourth-order valence-corrected chi connectivity index (χ4v) is 5.06. The predicted octanol–water partition coefficient (Wildman–Crippen LogP) is 2.12. The quantitative estimate of drug-likeness (QED) is 0.607. The van der Waals surface area contributed by atoms with Gasteiger partial charge >= 0.3 is 6.18 Å². The first-order chi connectivity index (χ1) is 9.67. The summed E-state index contributed by atoms with van der Waals surface area (Å²) in [4.78, 5) is 1.51. The Balaban J connectivity index is 1.96. The number of fused-ring (bicyclic) bond motifs is 1. The second kappa shape index (κ2) is 4.65. The van der Waals surface area contributed by atoms with Crippen molar-refractivity contribution in [3.05, 3.63) is 29.8 Å². The minimum absolute atomic E-state index is 0.00104. The van der Waals surface area contributed by atoms with E-state index in [9.17, 15) is 21.9 Å². The molecule has 1 unspecified atom stereocenters. The zero-order valence-electron chi connectivity index (χ0n) is 10.6. The number of benzene rings is 1. The Kier molecular flexibility index (Phi) is 3.26. The Hall–Kier alpha value is -1.19. The van der Waals surface area contributed by atoms with Crippen LogP contribution >= 0.6 is 12.2 Å². The molecule has 1 aromatic rings. The van der Waals surface area contributed by atoms with Crippen molar-refractivity contribution in [1.29, 1.82) is 0 Å².